The number of hydrogen-bond acceptors (Lipinski definition) is 17. The second-order valence-corrected chi connectivity index (χ2v) is 34.8. The number of fused-ring (bicyclic) bond motifs is 4. The van der Waals surface area contributed by atoms with Gasteiger partial charge in [0.25, 0.3) is 0 Å². The molecule has 26 heteroatoms. The van der Waals surface area contributed by atoms with E-state index < -0.39 is 36.5 Å². The van der Waals surface area contributed by atoms with Crippen molar-refractivity contribution in [3.05, 3.63) is 306 Å². The van der Waals surface area contributed by atoms with Gasteiger partial charge in [0.2, 0.25) is 23.6 Å². The molecular formula is C107H118FN13O12. The molecule has 12 aromatic rings. The van der Waals surface area contributed by atoms with Crippen molar-refractivity contribution in [2.75, 3.05) is 26.2 Å². The number of benzene rings is 9. The average molecular weight is 1800 g/mol. The Morgan fingerprint density at radius 3 is 1.29 bits per heavy atom. The van der Waals surface area contributed by atoms with Crippen LogP contribution in [0.2, 0.25) is 0 Å². The predicted octanol–water partition coefficient (Wildman–Crippen LogP) is 19.7. The normalized spacial score (nSPS) is 16.4. The molecule has 0 bridgehead atoms. The highest BCUT2D eigenvalue weighted by molar-refractivity contribution is 5.94. The lowest BCUT2D eigenvalue weighted by molar-refractivity contribution is -0.193. The van der Waals surface area contributed by atoms with Crippen LogP contribution in [0.5, 0.6) is 11.5 Å². The molecule has 4 aliphatic heterocycles. The highest BCUT2D eigenvalue weighted by Crippen LogP contribution is 2.37. The number of aromatic nitrogens is 3. The molecule has 0 aliphatic carbocycles. The van der Waals surface area contributed by atoms with Crippen LogP contribution >= 0.6 is 0 Å². The summed E-state index contributed by atoms with van der Waals surface area (Å²) in [5.41, 5.74) is 8.56. The van der Waals surface area contributed by atoms with E-state index in [1.807, 2.05) is 194 Å². The van der Waals surface area contributed by atoms with Crippen molar-refractivity contribution in [3.63, 3.8) is 0 Å². The van der Waals surface area contributed by atoms with E-state index in [2.05, 4.69) is 39.8 Å². The first-order valence-electron chi connectivity index (χ1n) is 47.1. The highest BCUT2D eigenvalue weighted by atomic mass is 19.1. The topological polar surface area (TPSA) is 270 Å². The number of ether oxygens (including phenoxy) is 2. The Kier molecular flexibility index (Phi) is 33.1. The molecule has 8 amide bonds. The quantitative estimate of drug-likeness (QED) is 0.0205. The van der Waals surface area contributed by atoms with Gasteiger partial charge in [-0.3, -0.25) is 33.8 Å². The minimum atomic E-state index is -0.985. The number of carbonyl (C=O) groups excluding carboxylic acids is 8. The summed E-state index contributed by atoms with van der Waals surface area (Å²) < 4.78 is 36.7. The van der Waals surface area contributed by atoms with Crippen LogP contribution in [0.25, 0.3) is 44.2 Å². The van der Waals surface area contributed by atoms with E-state index in [9.17, 15) is 42.7 Å². The number of nitrogens with one attached hydrogen (secondary N) is 2. The van der Waals surface area contributed by atoms with Crippen LogP contribution in [0.1, 0.15) is 187 Å². The van der Waals surface area contributed by atoms with Gasteiger partial charge in [0.1, 0.15) is 53.1 Å². The number of urea groups is 2. The Hall–Kier alpha value is -13.7. The molecule has 25 nitrogen and oxygen atoms in total. The number of halogens is 1. The molecule has 7 heterocycles. The summed E-state index contributed by atoms with van der Waals surface area (Å²) in [5, 5.41) is 24.1. The Bertz CT molecular complexity index is 5860. The lowest BCUT2D eigenvalue weighted by atomic mass is 9.97. The fraction of sp³-hybridized carbons (Fsp3) is 0.355. The Morgan fingerprint density at radius 1 is 0.414 bits per heavy atom. The number of piperazine rings is 2. The number of esters is 2. The third-order valence-corrected chi connectivity index (χ3v) is 25.1. The smallest absolute Gasteiger partial charge is 0.334 e. The van der Waals surface area contributed by atoms with Crippen molar-refractivity contribution in [1.29, 1.82) is 0 Å². The summed E-state index contributed by atoms with van der Waals surface area (Å²) in [7, 11) is 0. The molecule has 0 spiro atoms. The van der Waals surface area contributed by atoms with E-state index in [0.29, 0.717) is 52.8 Å². The molecule has 0 radical (unpaired) electrons. The molecule has 690 valence electrons. The molecule has 133 heavy (non-hydrogen) atoms. The molecule has 0 unspecified atom stereocenters. The maximum absolute atomic E-state index is 14.9. The Balaban J connectivity index is 0.000000203. The molecule has 4 fully saturated rings. The number of nitrogens with zero attached hydrogens (tertiary/aromatic N) is 11. The molecule has 4 aliphatic rings. The van der Waals surface area contributed by atoms with Crippen LogP contribution in [0.4, 0.5) is 14.0 Å². The van der Waals surface area contributed by atoms with Crippen molar-refractivity contribution >= 4 is 69.3 Å². The van der Waals surface area contributed by atoms with Crippen LogP contribution in [-0.4, -0.2) is 153 Å². The highest BCUT2D eigenvalue weighted by Gasteiger charge is 2.54. The third kappa shape index (κ3) is 25.1. The van der Waals surface area contributed by atoms with Gasteiger partial charge in [-0.25, -0.2) is 24.0 Å². The summed E-state index contributed by atoms with van der Waals surface area (Å²) in [6.45, 7) is 5.12. The molecule has 4 saturated heterocycles. The number of amides is 8. The molecule has 3 aromatic heterocycles. The number of pyridine rings is 1. The number of hydrazine groups is 2. The van der Waals surface area contributed by atoms with Gasteiger partial charge in [0.15, 0.2) is 11.5 Å². The van der Waals surface area contributed by atoms with E-state index in [-0.39, 0.29) is 120 Å². The molecule has 16 rings (SSSR count). The molecule has 2 N–H and O–H groups in total. The zero-order valence-corrected chi connectivity index (χ0v) is 75.9. The fourth-order valence-electron chi connectivity index (χ4n) is 18.2. The van der Waals surface area contributed by atoms with E-state index in [4.69, 9.17) is 18.5 Å². The summed E-state index contributed by atoms with van der Waals surface area (Å²) in [5.74, 6) is -0.367. The third-order valence-electron chi connectivity index (χ3n) is 25.1. The van der Waals surface area contributed by atoms with Gasteiger partial charge >= 0.3 is 24.0 Å². The largest absolute Gasteiger partial charge is 0.427 e. The molecule has 4 atom stereocenters. The molecular weight excluding hydrogens is 1680 g/mol. The van der Waals surface area contributed by atoms with Crippen LogP contribution in [0.3, 0.4) is 0 Å². The second-order valence-electron chi connectivity index (χ2n) is 34.8. The van der Waals surface area contributed by atoms with Gasteiger partial charge in [-0.2, -0.15) is 10.0 Å². The SMILES string of the molecule is CCCCCCCCCCCC(=O)Oc1ccc(C[C@H]2C(=O)N(Cc3cccc4ccccc34)C[C@H]3N2C(=O)CN(Cc2cc(-c4ccccc4)no2)N3C(=O)NCc2ccccc2)cc1.CCCCCCCCCCCC(=O)Oc1ccc(C[C@H]2C(=O)N(Cc3cccc4ncccc34)C[C@H]3N2C(=O)CN(Cc2cc(-c4ccc(F)cc4)no2)N3C(=O)NCc2ccccc2)cc1. The van der Waals surface area contributed by atoms with E-state index in [0.717, 1.165) is 99.1 Å². The monoisotopic (exact) mass is 1800 g/mol. The first-order valence-corrected chi connectivity index (χ1v) is 47.1. The van der Waals surface area contributed by atoms with Gasteiger partial charge in [-0.1, -0.05) is 303 Å². The first-order chi connectivity index (χ1) is 65.1. The summed E-state index contributed by atoms with van der Waals surface area (Å²) in [6, 6.07) is 73.3. The first kappa shape index (κ1) is 93.9. The standard InChI is InChI=1S/C54H60N6O6.C53H58FN7O6/c1-2-3-4-5-6-7-8-9-16-28-52(62)65-45-31-29-40(30-32-45)33-49-53(63)57(36-44-26-19-25-42-22-17-18-27-47(42)44)38-50-59(49)51(61)39-58(60(50)54(64)55-35-41-20-12-10-13-21-41)37-46-34-48(56-66-46)43-23-14-11-15-24-43;1-2-3-4-5-6-7-8-9-13-21-51(63)66-43-28-22-38(23-29-43)31-48-52(64)58(34-41-18-14-20-46-45(41)19-15-30-55-46)36-49-60(48)50(62)37-59(61(49)53(65)56-33-39-16-11-10-12-17-39)35-44-32-47(57-67-44)40-24-26-42(54)27-25-40/h10-15,17-27,29-32,34,49-50H,2-9,16,28,33,35-39H2,1H3,(H,55,64);10-12,14-20,22-30,32,48-49H,2-9,13,21,31,33-37H2,1H3,(H,56,65)/t49-,50-;48-,49-/m00/s1. The number of rotatable bonds is 40. The van der Waals surface area contributed by atoms with Gasteiger partial charge in [0.05, 0.1) is 44.8 Å². The van der Waals surface area contributed by atoms with Crippen molar-refractivity contribution in [3.8, 4) is 34.0 Å². The number of carbonyl (C=O) groups is 8. The van der Waals surface area contributed by atoms with E-state index >= 15 is 0 Å². The molecule has 0 saturated carbocycles. The van der Waals surface area contributed by atoms with E-state index in [1.165, 1.54) is 94.2 Å². The summed E-state index contributed by atoms with van der Waals surface area (Å²) in [6.07, 6.45) is 21.8. The maximum atomic E-state index is 14.9. The van der Waals surface area contributed by atoms with Crippen LogP contribution < -0.4 is 20.1 Å². The predicted molar refractivity (Wildman–Crippen MR) is 506 cm³/mol. The maximum Gasteiger partial charge on any atom is 0.334 e. The Morgan fingerprint density at radius 2 is 0.820 bits per heavy atom. The lowest BCUT2D eigenvalue weighted by Gasteiger charge is -2.55. The average Bonchev–Trinajstić information content (AvgIpc) is 1.16. The van der Waals surface area contributed by atoms with Gasteiger partial charge in [-0.15, -0.1) is 0 Å². The minimum Gasteiger partial charge on any atom is -0.427 e. The van der Waals surface area contributed by atoms with Gasteiger partial charge in [0, 0.05) is 86.7 Å². The molecule has 9 aromatic carbocycles. The summed E-state index contributed by atoms with van der Waals surface area (Å²) >= 11 is 0. The summed E-state index contributed by atoms with van der Waals surface area (Å²) in [4.78, 5) is 125. The van der Waals surface area contributed by atoms with Crippen molar-refractivity contribution in [2.24, 2.45) is 0 Å². The van der Waals surface area contributed by atoms with Crippen molar-refractivity contribution in [2.45, 2.75) is 219 Å². The zero-order chi connectivity index (χ0) is 92.2. The minimum absolute atomic E-state index is 0.00402. The second kappa shape index (κ2) is 46.9. The fourth-order valence-corrected chi connectivity index (χ4v) is 18.2. The Labute approximate surface area is 776 Å². The van der Waals surface area contributed by atoms with Crippen LogP contribution in [-0.2, 0) is 80.9 Å². The van der Waals surface area contributed by atoms with Gasteiger partial charge < -0.3 is 48.8 Å². The number of unbranched alkanes of at least 4 members (excludes halogenated alkanes) is 16. The van der Waals surface area contributed by atoms with Crippen LogP contribution in [0, 0.1) is 5.82 Å². The van der Waals surface area contributed by atoms with Crippen molar-refractivity contribution in [1.82, 2.24) is 65.6 Å². The number of hydrogen-bond donors (Lipinski definition) is 2. The van der Waals surface area contributed by atoms with Crippen molar-refractivity contribution < 1.29 is 61.3 Å². The van der Waals surface area contributed by atoms with E-state index in [1.54, 1.807) is 83.3 Å². The van der Waals surface area contributed by atoms with Gasteiger partial charge in [-0.05, 0) is 118 Å². The zero-order valence-electron chi connectivity index (χ0n) is 75.9. The van der Waals surface area contributed by atoms with Crippen LogP contribution in [0.15, 0.2) is 264 Å². The lowest BCUT2D eigenvalue weighted by Crippen LogP contribution is -2.76.